The Morgan fingerprint density at radius 1 is 1.28 bits per heavy atom. The number of nitrogens with two attached hydrogens (primary N) is 1. The van der Waals surface area contributed by atoms with E-state index in [1.165, 1.54) is 18.9 Å². The van der Waals surface area contributed by atoms with Crippen LogP contribution in [0.25, 0.3) is 0 Å². The third kappa shape index (κ3) is 2.56. The average molecular weight is 248 g/mol. The zero-order valence-electron chi connectivity index (χ0n) is 10.5. The fourth-order valence-corrected chi connectivity index (χ4v) is 2.63. The number of nitrogens with zero attached hydrogens (tertiary/aromatic N) is 1. The van der Waals surface area contributed by atoms with Crippen LogP contribution in [0.15, 0.2) is 10.9 Å². The molecule has 0 aliphatic heterocycles. The first-order valence-corrected chi connectivity index (χ1v) is 6.86. The Kier molecular flexibility index (Phi) is 3.07. The van der Waals surface area contributed by atoms with E-state index >= 15 is 0 Å². The van der Waals surface area contributed by atoms with Gasteiger partial charge in [-0.1, -0.05) is 12.8 Å². The molecule has 5 nitrogen and oxygen atoms in total. The van der Waals surface area contributed by atoms with Crippen molar-refractivity contribution in [1.29, 1.82) is 0 Å². The summed E-state index contributed by atoms with van der Waals surface area (Å²) in [5, 5.41) is 3.34. The molecule has 0 spiro atoms. The molecule has 2 atom stereocenters. The highest BCUT2D eigenvalue weighted by Gasteiger charge is 2.27. The quantitative estimate of drug-likeness (QED) is 0.753. The molecule has 18 heavy (non-hydrogen) atoms. The van der Waals surface area contributed by atoms with Gasteiger partial charge in [0.2, 0.25) is 0 Å². The van der Waals surface area contributed by atoms with Crippen molar-refractivity contribution >= 4 is 5.82 Å². The summed E-state index contributed by atoms with van der Waals surface area (Å²) in [5.74, 6) is 1.97. The number of anilines is 1. The highest BCUT2D eigenvalue weighted by atomic mass is 16.1. The van der Waals surface area contributed by atoms with Crippen LogP contribution in [-0.2, 0) is 0 Å². The normalized spacial score (nSPS) is 28.1. The summed E-state index contributed by atoms with van der Waals surface area (Å²) in [6.45, 7) is 0. The number of hydrogen-bond acceptors (Lipinski definition) is 4. The molecule has 2 fully saturated rings. The van der Waals surface area contributed by atoms with Gasteiger partial charge in [-0.15, -0.1) is 0 Å². The monoisotopic (exact) mass is 248 g/mol. The molecule has 2 aliphatic carbocycles. The van der Waals surface area contributed by atoms with Gasteiger partial charge in [0.05, 0.1) is 0 Å². The lowest BCUT2D eigenvalue weighted by Crippen LogP contribution is -2.43. The van der Waals surface area contributed by atoms with Crippen LogP contribution in [0.1, 0.15) is 50.3 Å². The average Bonchev–Trinajstić information content (AvgIpc) is 3.15. The van der Waals surface area contributed by atoms with E-state index in [9.17, 15) is 4.79 Å². The number of aromatic nitrogens is 2. The number of nitrogens with one attached hydrogen (secondary N) is 2. The van der Waals surface area contributed by atoms with Gasteiger partial charge in [0.25, 0.3) is 5.56 Å². The molecule has 3 rings (SSSR count). The summed E-state index contributed by atoms with van der Waals surface area (Å²) in [6, 6.07) is 1.96. The van der Waals surface area contributed by atoms with E-state index in [-0.39, 0.29) is 17.6 Å². The van der Waals surface area contributed by atoms with Gasteiger partial charge in [0.1, 0.15) is 11.6 Å². The Bertz CT molecular complexity index is 480. The van der Waals surface area contributed by atoms with Crippen LogP contribution in [0.5, 0.6) is 0 Å². The van der Waals surface area contributed by atoms with Crippen molar-refractivity contribution in [3.8, 4) is 0 Å². The molecule has 0 bridgehead atoms. The lowest BCUT2D eigenvalue weighted by atomic mass is 9.91. The van der Waals surface area contributed by atoms with Crippen LogP contribution >= 0.6 is 0 Å². The second kappa shape index (κ2) is 4.72. The summed E-state index contributed by atoms with van der Waals surface area (Å²) in [6.07, 6.45) is 6.79. The van der Waals surface area contributed by atoms with Gasteiger partial charge >= 0.3 is 0 Å². The van der Waals surface area contributed by atoms with Gasteiger partial charge in [0.15, 0.2) is 0 Å². The minimum atomic E-state index is -0.0706. The molecule has 0 radical (unpaired) electrons. The SMILES string of the molecule is N[C@@H]1CCCC[C@H]1Nc1cc(=O)[nH]c(C2CC2)n1. The zero-order chi connectivity index (χ0) is 12.5. The first-order chi connectivity index (χ1) is 8.72. The Balaban J connectivity index is 1.76. The molecular weight excluding hydrogens is 228 g/mol. The maximum absolute atomic E-state index is 11.6. The molecule has 1 heterocycles. The molecule has 2 aliphatic rings. The third-order valence-corrected chi connectivity index (χ3v) is 3.88. The largest absolute Gasteiger partial charge is 0.366 e. The predicted molar refractivity (Wildman–Crippen MR) is 70.7 cm³/mol. The number of H-pyrrole nitrogens is 1. The summed E-state index contributed by atoms with van der Waals surface area (Å²) < 4.78 is 0. The minimum Gasteiger partial charge on any atom is -0.366 e. The van der Waals surface area contributed by atoms with Gasteiger partial charge in [-0.3, -0.25) is 4.79 Å². The lowest BCUT2D eigenvalue weighted by Gasteiger charge is -2.29. The Morgan fingerprint density at radius 3 is 2.78 bits per heavy atom. The van der Waals surface area contributed by atoms with Gasteiger partial charge < -0.3 is 16.0 Å². The van der Waals surface area contributed by atoms with E-state index in [2.05, 4.69) is 15.3 Å². The zero-order valence-corrected chi connectivity index (χ0v) is 10.5. The van der Waals surface area contributed by atoms with Crippen LogP contribution in [0.4, 0.5) is 5.82 Å². The maximum atomic E-state index is 11.6. The fraction of sp³-hybridized carbons (Fsp3) is 0.692. The van der Waals surface area contributed by atoms with Gasteiger partial charge in [0, 0.05) is 24.1 Å². The summed E-state index contributed by atoms with van der Waals surface area (Å²) in [5.41, 5.74) is 6.03. The minimum absolute atomic E-state index is 0.0706. The Labute approximate surface area is 106 Å². The molecule has 1 aromatic heterocycles. The van der Waals surface area contributed by atoms with E-state index < -0.39 is 0 Å². The van der Waals surface area contributed by atoms with Crippen molar-refractivity contribution in [2.45, 2.75) is 56.5 Å². The van der Waals surface area contributed by atoms with Crippen LogP contribution in [-0.4, -0.2) is 22.1 Å². The first kappa shape index (κ1) is 11.7. The Hall–Kier alpha value is -1.36. The maximum Gasteiger partial charge on any atom is 0.252 e. The first-order valence-electron chi connectivity index (χ1n) is 6.86. The highest BCUT2D eigenvalue weighted by Crippen LogP contribution is 2.37. The molecule has 5 heteroatoms. The van der Waals surface area contributed by atoms with Crippen molar-refractivity contribution in [1.82, 2.24) is 9.97 Å². The van der Waals surface area contributed by atoms with Crippen molar-refractivity contribution < 1.29 is 0 Å². The van der Waals surface area contributed by atoms with Crippen LogP contribution in [0.2, 0.25) is 0 Å². The summed E-state index contributed by atoms with van der Waals surface area (Å²) in [4.78, 5) is 18.9. The van der Waals surface area contributed by atoms with E-state index in [0.29, 0.717) is 11.7 Å². The number of rotatable bonds is 3. The van der Waals surface area contributed by atoms with Crippen molar-refractivity contribution in [3.63, 3.8) is 0 Å². The number of aromatic amines is 1. The second-order valence-electron chi connectivity index (χ2n) is 5.49. The number of hydrogen-bond donors (Lipinski definition) is 3. The molecular formula is C13H20N4O. The highest BCUT2D eigenvalue weighted by molar-refractivity contribution is 5.36. The fourth-order valence-electron chi connectivity index (χ4n) is 2.63. The van der Waals surface area contributed by atoms with Crippen LogP contribution in [0, 0.1) is 0 Å². The van der Waals surface area contributed by atoms with Gasteiger partial charge in [-0.25, -0.2) is 4.98 Å². The second-order valence-corrected chi connectivity index (χ2v) is 5.49. The molecule has 1 aromatic rings. The molecule has 0 saturated heterocycles. The molecule has 2 saturated carbocycles. The van der Waals surface area contributed by atoms with Gasteiger partial charge in [-0.2, -0.15) is 0 Å². The molecule has 0 aromatic carbocycles. The van der Waals surface area contributed by atoms with Crippen molar-refractivity contribution in [2.24, 2.45) is 5.73 Å². The van der Waals surface area contributed by atoms with E-state index in [1.807, 2.05) is 0 Å². The standard InChI is InChI=1S/C13H20N4O/c14-9-3-1-2-4-10(9)15-11-7-12(18)17-13(16-11)8-5-6-8/h7-10H,1-6,14H2,(H2,15,16,17,18)/t9-,10-/m1/s1. The third-order valence-electron chi connectivity index (χ3n) is 3.88. The molecule has 0 unspecified atom stereocenters. The predicted octanol–water partition coefficient (Wildman–Crippen LogP) is 1.33. The molecule has 98 valence electrons. The van der Waals surface area contributed by atoms with Gasteiger partial charge in [-0.05, 0) is 25.7 Å². The summed E-state index contributed by atoms with van der Waals surface area (Å²) in [7, 11) is 0. The van der Waals surface area contributed by atoms with Crippen molar-refractivity contribution in [3.05, 3.63) is 22.2 Å². The van der Waals surface area contributed by atoms with Crippen molar-refractivity contribution in [2.75, 3.05) is 5.32 Å². The Morgan fingerprint density at radius 2 is 2.06 bits per heavy atom. The summed E-state index contributed by atoms with van der Waals surface area (Å²) >= 11 is 0. The van der Waals surface area contributed by atoms with E-state index in [0.717, 1.165) is 31.5 Å². The molecule has 4 N–H and O–H groups in total. The van der Waals surface area contributed by atoms with E-state index in [4.69, 9.17) is 5.73 Å². The lowest BCUT2D eigenvalue weighted by molar-refractivity contribution is 0.403. The van der Waals surface area contributed by atoms with Crippen LogP contribution < -0.4 is 16.6 Å². The van der Waals surface area contributed by atoms with Crippen LogP contribution in [0.3, 0.4) is 0 Å². The van der Waals surface area contributed by atoms with E-state index in [1.54, 1.807) is 0 Å². The molecule has 0 amide bonds. The topological polar surface area (TPSA) is 83.8 Å². The smallest absolute Gasteiger partial charge is 0.252 e.